The Hall–Kier alpha value is -2.27. The summed E-state index contributed by atoms with van der Waals surface area (Å²) in [7, 11) is 0. The van der Waals surface area contributed by atoms with Crippen LogP contribution in [0.5, 0.6) is 0 Å². The molecule has 0 bridgehead atoms. The van der Waals surface area contributed by atoms with Crippen LogP contribution in [0.25, 0.3) is 11.6 Å². The van der Waals surface area contributed by atoms with E-state index in [0.29, 0.717) is 5.56 Å². The Morgan fingerprint density at radius 1 is 1.32 bits per heavy atom. The molecule has 0 saturated heterocycles. The van der Waals surface area contributed by atoms with Crippen molar-refractivity contribution in [3.63, 3.8) is 0 Å². The number of ketones is 1. The zero-order chi connectivity index (χ0) is 15.7. The van der Waals surface area contributed by atoms with Crippen LogP contribution in [-0.2, 0) is 0 Å². The van der Waals surface area contributed by atoms with Gasteiger partial charge in [0, 0.05) is 11.8 Å². The number of rotatable bonds is 3. The van der Waals surface area contributed by atoms with Crippen LogP contribution >= 0.6 is 15.9 Å². The minimum atomic E-state index is -0.392. The van der Waals surface area contributed by atoms with Crippen LogP contribution in [-0.4, -0.2) is 15.2 Å². The van der Waals surface area contributed by atoms with Gasteiger partial charge in [-0.05, 0) is 65.3 Å². The van der Waals surface area contributed by atoms with Crippen molar-refractivity contribution >= 4 is 33.3 Å². The van der Waals surface area contributed by atoms with Gasteiger partial charge >= 0.3 is 0 Å². The first-order valence-corrected chi connectivity index (χ1v) is 7.47. The molecule has 0 amide bonds. The maximum Gasteiger partial charge on any atom is 0.185 e. The molecule has 3 nitrogen and oxygen atoms in total. The summed E-state index contributed by atoms with van der Waals surface area (Å²) in [6.45, 7) is 1.91. The van der Waals surface area contributed by atoms with E-state index in [1.54, 1.807) is 6.08 Å². The number of hydrogen-bond acceptors (Lipinski definition) is 2. The number of hydrogen-bond donors (Lipinski definition) is 0. The van der Waals surface area contributed by atoms with E-state index in [0.717, 1.165) is 17.0 Å². The normalized spacial score (nSPS) is 11.4. The maximum atomic E-state index is 13.2. The molecular formula is C17H12BrFN2O. The fraction of sp³-hybridized carbons (Fsp3) is 0.0588. The Kier molecular flexibility index (Phi) is 3.90. The summed E-state index contributed by atoms with van der Waals surface area (Å²) in [4.78, 5) is 16.6. The predicted molar refractivity (Wildman–Crippen MR) is 87.4 cm³/mol. The van der Waals surface area contributed by atoms with Gasteiger partial charge in [0.15, 0.2) is 5.78 Å². The molecule has 0 fully saturated rings. The molecule has 22 heavy (non-hydrogen) atoms. The second-order valence-corrected chi connectivity index (χ2v) is 5.68. The van der Waals surface area contributed by atoms with Gasteiger partial charge in [0.25, 0.3) is 0 Å². The molecule has 0 atom stereocenters. The maximum absolute atomic E-state index is 13.2. The van der Waals surface area contributed by atoms with Crippen LogP contribution in [0.3, 0.4) is 0 Å². The molecule has 0 spiro atoms. The molecule has 0 aliphatic carbocycles. The number of nitrogens with zero attached hydrogens (tertiary/aromatic N) is 2. The van der Waals surface area contributed by atoms with Crippen molar-refractivity contribution in [2.45, 2.75) is 6.92 Å². The summed E-state index contributed by atoms with van der Waals surface area (Å²) in [6.07, 6.45) is 5.06. The summed E-state index contributed by atoms with van der Waals surface area (Å²) >= 11 is 3.08. The number of allylic oxidation sites excluding steroid dienone is 1. The number of halogens is 2. The molecule has 0 radical (unpaired) electrons. The van der Waals surface area contributed by atoms with Gasteiger partial charge in [-0.15, -0.1) is 0 Å². The van der Waals surface area contributed by atoms with Crippen molar-refractivity contribution in [2.24, 2.45) is 0 Å². The fourth-order valence-corrected chi connectivity index (χ4v) is 2.62. The summed E-state index contributed by atoms with van der Waals surface area (Å²) in [5.74, 6) is 0.263. The van der Waals surface area contributed by atoms with Gasteiger partial charge in [-0.1, -0.05) is 6.07 Å². The number of carbonyl (C=O) groups is 1. The summed E-state index contributed by atoms with van der Waals surface area (Å²) in [6, 6.07) is 9.99. The quantitative estimate of drug-likeness (QED) is 0.512. The van der Waals surface area contributed by atoms with Gasteiger partial charge in [-0.2, -0.15) is 0 Å². The largest absolute Gasteiger partial charge is 0.303 e. The van der Waals surface area contributed by atoms with E-state index in [1.807, 2.05) is 35.7 Å². The third-order valence-corrected chi connectivity index (χ3v) is 3.96. The number of aryl methyl sites for hydroxylation is 1. The number of imidazole rings is 1. The van der Waals surface area contributed by atoms with Crippen LogP contribution in [0.4, 0.5) is 4.39 Å². The highest BCUT2D eigenvalue weighted by Crippen LogP contribution is 2.18. The zero-order valence-corrected chi connectivity index (χ0v) is 13.3. The highest BCUT2D eigenvalue weighted by Gasteiger charge is 2.08. The van der Waals surface area contributed by atoms with E-state index >= 15 is 0 Å². The Bertz CT molecular complexity index is 899. The molecule has 0 unspecified atom stereocenters. The fourth-order valence-electron chi connectivity index (χ4n) is 2.24. The average molecular weight is 359 g/mol. The molecule has 2 aromatic heterocycles. The van der Waals surface area contributed by atoms with Crippen molar-refractivity contribution in [1.82, 2.24) is 9.38 Å². The Morgan fingerprint density at radius 3 is 2.91 bits per heavy atom. The first-order chi connectivity index (χ1) is 10.6. The second-order valence-electron chi connectivity index (χ2n) is 4.83. The number of fused-ring (bicyclic) bond motifs is 1. The van der Waals surface area contributed by atoms with Gasteiger partial charge < -0.3 is 4.40 Å². The van der Waals surface area contributed by atoms with Gasteiger partial charge in [0.05, 0.1) is 15.7 Å². The van der Waals surface area contributed by atoms with E-state index in [2.05, 4.69) is 20.9 Å². The predicted octanol–water partition coefficient (Wildman–Crippen LogP) is 4.44. The lowest BCUT2D eigenvalue weighted by molar-refractivity contribution is 0.104. The van der Waals surface area contributed by atoms with E-state index in [-0.39, 0.29) is 10.3 Å². The molecule has 3 aromatic rings. The van der Waals surface area contributed by atoms with E-state index in [9.17, 15) is 9.18 Å². The van der Waals surface area contributed by atoms with Gasteiger partial charge in [0.2, 0.25) is 0 Å². The molecular weight excluding hydrogens is 347 g/mol. The SMILES string of the molecule is Cc1nc(/C=C/C(=O)c2ccc(F)c(Br)c2)c2ccccn12. The molecule has 0 aliphatic rings. The molecule has 1 aromatic carbocycles. The minimum absolute atomic E-state index is 0.199. The van der Waals surface area contributed by atoms with E-state index < -0.39 is 5.82 Å². The number of benzene rings is 1. The molecule has 110 valence electrons. The van der Waals surface area contributed by atoms with Gasteiger partial charge in [-0.25, -0.2) is 9.37 Å². The van der Waals surface area contributed by atoms with E-state index in [4.69, 9.17) is 0 Å². The second kappa shape index (κ2) is 5.85. The molecule has 3 rings (SSSR count). The van der Waals surface area contributed by atoms with Crippen molar-refractivity contribution in [2.75, 3.05) is 0 Å². The Morgan fingerprint density at radius 2 is 2.14 bits per heavy atom. The lowest BCUT2D eigenvalue weighted by Crippen LogP contribution is -1.95. The lowest BCUT2D eigenvalue weighted by atomic mass is 10.1. The standard InChI is InChI=1S/C17H12BrFN2O/c1-11-20-15(16-4-2-3-9-21(11)16)7-8-17(22)12-5-6-14(19)13(18)10-12/h2-10H,1H3/b8-7+. The lowest BCUT2D eigenvalue weighted by Gasteiger charge is -1.98. The highest BCUT2D eigenvalue weighted by molar-refractivity contribution is 9.10. The molecule has 0 saturated carbocycles. The van der Waals surface area contributed by atoms with Crippen LogP contribution in [0.15, 0.2) is 53.1 Å². The molecule has 2 heterocycles. The van der Waals surface area contributed by atoms with Crippen molar-refractivity contribution in [1.29, 1.82) is 0 Å². The highest BCUT2D eigenvalue weighted by atomic mass is 79.9. The monoisotopic (exact) mass is 358 g/mol. The third-order valence-electron chi connectivity index (χ3n) is 3.35. The number of pyridine rings is 1. The van der Waals surface area contributed by atoms with Crippen molar-refractivity contribution < 1.29 is 9.18 Å². The number of aromatic nitrogens is 2. The first kappa shape index (κ1) is 14.7. The number of carbonyl (C=O) groups excluding carboxylic acids is 1. The van der Waals surface area contributed by atoms with Crippen molar-refractivity contribution in [3.8, 4) is 0 Å². The van der Waals surface area contributed by atoms with E-state index in [1.165, 1.54) is 24.3 Å². The zero-order valence-electron chi connectivity index (χ0n) is 11.8. The molecule has 0 aliphatic heterocycles. The van der Waals surface area contributed by atoms with Gasteiger partial charge in [-0.3, -0.25) is 4.79 Å². The van der Waals surface area contributed by atoms with Gasteiger partial charge in [0.1, 0.15) is 11.6 Å². The van der Waals surface area contributed by atoms with Crippen LogP contribution in [0, 0.1) is 12.7 Å². The summed E-state index contributed by atoms with van der Waals surface area (Å²) < 4.78 is 15.4. The Balaban J connectivity index is 1.92. The first-order valence-electron chi connectivity index (χ1n) is 6.67. The topological polar surface area (TPSA) is 34.4 Å². The van der Waals surface area contributed by atoms with Crippen LogP contribution in [0.1, 0.15) is 21.9 Å². The van der Waals surface area contributed by atoms with Crippen molar-refractivity contribution in [3.05, 3.63) is 76.0 Å². The molecule has 0 N–H and O–H groups in total. The average Bonchev–Trinajstić information content (AvgIpc) is 2.84. The summed E-state index contributed by atoms with van der Waals surface area (Å²) in [5, 5.41) is 0. The third kappa shape index (κ3) is 2.72. The Labute approximate surface area is 135 Å². The smallest absolute Gasteiger partial charge is 0.185 e. The van der Waals surface area contributed by atoms with Crippen LogP contribution in [0.2, 0.25) is 0 Å². The molecule has 5 heteroatoms. The van der Waals surface area contributed by atoms with Crippen LogP contribution < -0.4 is 0 Å². The summed E-state index contributed by atoms with van der Waals surface area (Å²) in [5.41, 5.74) is 2.08. The minimum Gasteiger partial charge on any atom is -0.303 e.